The highest BCUT2D eigenvalue weighted by Crippen LogP contribution is 2.32. The number of rotatable bonds is 5. The topological polar surface area (TPSA) is 21.7 Å². The van der Waals surface area contributed by atoms with Gasteiger partial charge < -0.3 is 14.4 Å². The first-order valence-corrected chi connectivity index (χ1v) is 6.43. The van der Waals surface area contributed by atoms with E-state index in [0.29, 0.717) is 0 Å². The number of hydrogen-bond acceptors (Lipinski definition) is 3. The van der Waals surface area contributed by atoms with Gasteiger partial charge >= 0.3 is 0 Å². The van der Waals surface area contributed by atoms with E-state index in [9.17, 15) is 0 Å². The molecule has 0 aliphatic carbocycles. The summed E-state index contributed by atoms with van der Waals surface area (Å²) in [7, 11) is 7.51. The molecule has 0 saturated carbocycles. The minimum atomic E-state index is 0.774. The molecule has 0 aromatic heterocycles. The Morgan fingerprint density at radius 1 is 0.895 bits per heavy atom. The lowest BCUT2D eigenvalue weighted by Crippen LogP contribution is -2.14. The molecular formula is C16H21NO2. The van der Waals surface area contributed by atoms with Crippen LogP contribution in [0.5, 0.6) is 11.5 Å². The van der Waals surface area contributed by atoms with Gasteiger partial charge in [-0.15, -0.1) is 0 Å². The van der Waals surface area contributed by atoms with Crippen LogP contribution < -0.4 is 9.47 Å². The van der Waals surface area contributed by atoms with E-state index in [4.69, 9.17) is 9.47 Å². The van der Waals surface area contributed by atoms with E-state index in [0.717, 1.165) is 24.5 Å². The van der Waals surface area contributed by atoms with Crippen molar-refractivity contribution in [1.82, 2.24) is 4.90 Å². The van der Waals surface area contributed by atoms with Crippen molar-refractivity contribution in [3.8, 4) is 11.5 Å². The zero-order valence-electron chi connectivity index (χ0n) is 12.1. The van der Waals surface area contributed by atoms with Crippen LogP contribution in [0.2, 0.25) is 0 Å². The monoisotopic (exact) mass is 259 g/mol. The molecule has 102 valence electrons. The zero-order chi connectivity index (χ0) is 13.8. The van der Waals surface area contributed by atoms with E-state index in [1.807, 2.05) is 12.1 Å². The third kappa shape index (κ3) is 3.18. The van der Waals surface area contributed by atoms with Crippen LogP contribution in [-0.2, 0) is 6.42 Å². The molecule has 0 heterocycles. The molecule has 0 bridgehead atoms. The van der Waals surface area contributed by atoms with E-state index in [2.05, 4.69) is 37.2 Å². The molecule has 0 aliphatic rings. The Labute approximate surface area is 114 Å². The summed E-state index contributed by atoms with van der Waals surface area (Å²) in [4.78, 5) is 2.19. The minimum absolute atomic E-state index is 0.774. The van der Waals surface area contributed by atoms with Gasteiger partial charge in [0.15, 0.2) is 11.5 Å². The van der Waals surface area contributed by atoms with Crippen molar-refractivity contribution < 1.29 is 9.47 Å². The number of likely N-dealkylation sites (N-methyl/N-ethyl adjacent to an activating group) is 1. The summed E-state index contributed by atoms with van der Waals surface area (Å²) < 4.78 is 10.7. The lowest BCUT2D eigenvalue weighted by atomic mass is 10.0. The van der Waals surface area contributed by atoms with Crippen LogP contribution in [0.3, 0.4) is 0 Å². The van der Waals surface area contributed by atoms with Crippen molar-refractivity contribution in [1.29, 1.82) is 0 Å². The number of benzene rings is 2. The van der Waals surface area contributed by atoms with Crippen LogP contribution >= 0.6 is 0 Å². The van der Waals surface area contributed by atoms with Gasteiger partial charge in [-0.3, -0.25) is 0 Å². The van der Waals surface area contributed by atoms with Crippen LogP contribution in [0.15, 0.2) is 30.3 Å². The molecule has 3 nitrogen and oxygen atoms in total. The summed E-state index contributed by atoms with van der Waals surface area (Å²) in [5.74, 6) is 1.55. The van der Waals surface area contributed by atoms with Gasteiger partial charge in [-0.05, 0) is 49.0 Å². The fourth-order valence-electron chi connectivity index (χ4n) is 2.13. The Hall–Kier alpha value is -1.74. The van der Waals surface area contributed by atoms with Gasteiger partial charge in [0, 0.05) is 6.54 Å². The molecular weight excluding hydrogens is 238 g/mol. The summed E-state index contributed by atoms with van der Waals surface area (Å²) >= 11 is 0. The Balaban J connectivity index is 2.36. The van der Waals surface area contributed by atoms with Crippen LogP contribution in [-0.4, -0.2) is 39.8 Å². The number of fused-ring (bicyclic) bond motifs is 1. The third-order valence-electron chi connectivity index (χ3n) is 3.25. The average Bonchev–Trinajstić information content (AvgIpc) is 2.43. The molecule has 0 amide bonds. The average molecular weight is 259 g/mol. The first kappa shape index (κ1) is 13.7. The van der Waals surface area contributed by atoms with E-state index >= 15 is 0 Å². The van der Waals surface area contributed by atoms with Gasteiger partial charge in [-0.1, -0.05) is 18.2 Å². The van der Waals surface area contributed by atoms with Gasteiger partial charge in [-0.2, -0.15) is 0 Å². The van der Waals surface area contributed by atoms with Crippen LogP contribution in [0.25, 0.3) is 10.8 Å². The van der Waals surface area contributed by atoms with Crippen molar-refractivity contribution in [3.05, 3.63) is 35.9 Å². The summed E-state index contributed by atoms with van der Waals surface area (Å²) in [5, 5.41) is 2.36. The van der Waals surface area contributed by atoms with Crippen LogP contribution in [0.1, 0.15) is 5.56 Å². The van der Waals surface area contributed by atoms with Gasteiger partial charge in [0.2, 0.25) is 0 Å². The molecule has 3 heteroatoms. The smallest absolute Gasteiger partial charge is 0.161 e. The number of methoxy groups -OCH3 is 2. The number of nitrogens with zero attached hydrogens (tertiary/aromatic N) is 1. The summed E-state index contributed by atoms with van der Waals surface area (Å²) in [5.41, 5.74) is 1.34. The third-order valence-corrected chi connectivity index (χ3v) is 3.25. The predicted octanol–water partition coefficient (Wildman–Crippen LogP) is 2.96. The van der Waals surface area contributed by atoms with Gasteiger partial charge in [0.1, 0.15) is 0 Å². The fourth-order valence-corrected chi connectivity index (χ4v) is 2.13. The van der Waals surface area contributed by atoms with Crippen LogP contribution in [0.4, 0.5) is 0 Å². The Bertz CT molecular complexity index is 564. The van der Waals surface area contributed by atoms with Gasteiger partial charge in [-0.25, -0.2) is 0 Å². The highest BCUT2D eigenvalue weighted by molar-refractivity contribution is 5.86. The zero-order valence-corrected chi connectivity index (χ0v) is 12.1. The molecule has 2 aromatic rings. The maximum Gasteiger partial charge on any atom is 0.161 e. The van der Waals surface area contributed by atoms with Gasteiger partial charge in [0.25, 0.3) is 0 Å². The minimum Gasteiger partial charge on any atom is -0.493 e. The quantitative estimate of drug-likeness (QED) is 0.824. The fraction of sp³-hybridized carbons (Fsp3) is 0.375. The van der Waals surface area contributed by atoms with E-state index in [1.165, 1.54) is 16.3 Å². The molecule has 19 heavy (non-hydrogen) atoms. The van der Waals surface area contributed by atoms with E-state index in [-0.39, 0.29) is 0 Å². The molecule has 0 N–H and O–H groups in total. The summed E-state index contributed by atoms with van der Waals surface area (Å²) in [6.45, 7) is 1.05. The van der Waals surface area contributed by atoms with Crippen molar-refractivity contribution in [3.63, 3.8) is 0 Å². The highest BCUT2D eigenvalue weighted by Gasteiger charge is 2.06. The molecule has 0 aliphatic heterocycles. The molecule has 0 saturated heterocycles. The molecule has 0 spiro atoms. The second kappa shape index (κ2) is 5.93. The van der Waals surface area contributed by atoms with E-state index < -0.39 is 0 Å². The maximum absolute atomic E-state index is 5.35. The first-order chi connectivity index (χ1) is 9.13. The Morgan fingerprint density at radius 2 is 1.53 bits per heavy atom. The second-order valence-electron chi connectivity index (χ2n) is 4.94. The van der Waals surface area contributed by atoms with Crippen molar-refractivity contribution in [2.24, 2.45) is 0 Å². The molecule has 0 fully saturated rings. The normalized spacial score (nSPS) is 11.0. The molecule has 2 rings (SSSR count). The lowest BCUT2D eigenvalue weighted by Gasteiger charge is -2.12. The van der Waals surface area contributed by atoms with Crippen molar-refractivity contribution in [2.75, 3.05) is 34.9 Å². The maximum atomic E-state index is 5.35. The van der Waals surface area contributed by atoms with E-state index in [1.54, 1.807) is 14.2 Å². The Morgan fingerprint density at radius 3 is 2.11 bits per heavy atom. The molecule has 0 radical (unpaired) electrons. The molecule has 2 aromatic carbocycles. The largest absolute Gasteiger partial charge is 0.493 e. The lowest BCUT2D eigenvalue weighted by molar-refractivity contribution is 0.356. The predicted molar refractivity (Wildman–Crippen MR) is 79.3 cm³/mol. The summed E-state index contributed by atoms with van der Waals surface area (Å²) in [6.07, 6.45) is 1.05. The number of ether oxygens (including phenoxy) is 2. The van der Waals surface area contributed by atoms with Crippen molar-refractivity contribution in [2.45, 2.75) is 6.42 Å². The van der Waals surface area contributed by atoms with Gasteiger partial charge in [0.05, 0.1) is 14.2 Å². The second-order valence-corrected chi connectivity index (χ2v) is 4.94. The first-order valence-electron chi connectivity index (χ1n) is 6.43. The molecule has 0 unspecified atom stereocenters. The van der Waals surface area contributed by atoms with Crippen LogP contribution in [0, 0.1) is 0 Å². The Kier molecular flexibility index (Phi) is 4.27. The number of hydrogen-bond donors (Lipinski definition) is 0. The molecule has 0 atom stereocenters. The SMILES string of the molecule is COc1cc2ccc(CCN(C)C)cc2cc1OC. The highest BCUT2D eigenvalue weighted by atomic mass is 16.5. The van der Waals surface area contributed by atoms with Crippen molar-refractivity contribution >= 4 is 10.8 Å². The standard InChI is InChI=1S/C16H21NO2/c1-17(2)8-7-12-5-6-13-10-15(18-3)16(19-4)11-14(13)9-12/h5-6,9-11H,7-8H2,1-4H3. The summed E-state index contributed by atoms with van der Waals surface area (Å²) in [6, 6.07) is 10.6.